The summed E-state index contributed by atoms with van der Waals surface area (Å²) < 4.78 is 5.02. The Labute approximate surface area is 120 Å². The first kappa shape index (κ1) is 14.4. The van der Waals surface area contributed by atoms with Crippen molar-refractivity contribution >= 4 is 6.09 Å². The van der Waals surface area contributed by atoms with E-state index in [1.165, 1.54) is 0 Å². The first-order valence-corrected chi connectivity index (χ1v) is 7.02. The predicted molar refractivity (Wildman–Crippen MR) is 76.3 cm³/mol. The molecule has 0 spiro atoms. The van der Waals surface area contributed by atoms with Gasteiger partial charge in [-0.25, -0.2) is 4.79 Å². The van der Waals surface area contributed by atoms with Gasteiger partial charge in [0.25, 0.3) is 0 Å². The standard InChI is InChI=1S/C16H20N2O2/c1-3-20-15(19)18-10-8-16(12-17,9-11-18)14-7-5-4-6-13(14)2/h4-7H,3,8-11H2,1-2H3. The maximum atomic E-state index is 11.7. The van der Waals surface area contributed by atoms with Gasteiger partial charge in [0.2, 0.25) is 0 Å². The van der Waals surface area contributed by atoms with Gasteiger partial charge >= 0.3 is 6.09 Å². The molecule has 1 aromatic carbocycles. The van der Waals surface area contributed by atoms with Crippen LogP contribution in [0.4, 0.5) is 4.79 Å². The Morgan fingerprint density at radius 2 is 2.05 bits per heavy atom. The number of hydrogen-bond donors (Lipinski definition) is 0. The molecule has 1 saturated heterocycles. The number of nitriles is 1. The largest absolute Gasteiger partial charge is 0.450 e. The van der Waals surface area contributed by atoms with Gasteiger partial charge in [0.05, 0.1) is 18.1 Å². The molecule has 106 valence electrons. The van der Waals surface area contributed by atoms with Crippen molar-refractivity contribution in [1.82, 2.24) is 4.90 Å². The molecule has 1 aliphatic rings. The number of rotatable bonds is 2. The lowest BCUT2D eigenvalue weighted by molar-refractivity contribution is 0.0921. The molecule has 0 N–H and O–H groups in total. The van der Waals surface area contributed by atoms with Crippen molar-refractivity contribution in [3.63, 3.8) is 0 Å². The Bertz CT molecular complexity index is 526. The number of likely N-dealkylation sites (tertiary alicyclic amines) is 1. The molecular formula is C16H20N2O2. The van der Waals surface area contributed by atoms with Gasteiger partial charge in [-0.1, -0.05) is 24.3 Å². The first-order valence-electron chi connectivity index (χ1n) is 7.02. The maximum absolute atomic E-state index is 11.7. The molecule has 1 heterocycles. The Morgan fingerprint density at radius 1 is 1.40 bits per heavy atom. The molecule has 0 unspecified atom stereocenters. The van der Waals surface area contributed by atoms with Crippen LogP contribution in [0.3, 0.4) is 0 Å². The van der Waals surface area contributed by atoms with E-state index in [0.29, 0.717) is 32.5 Å². The van der Waals surface area contributed by atoms with Crippen LogP contribution in [0.1, 0.15) is 30.9 Å². The van der Waals surface area contributed by atoms with E-state index in [1.807, 2.05) is 31.2 Å². The number of ether oxygens (including phenoxy) is 1. The van der Waals surface area contributed by atoms with Crippen molar-refractivity contribution in [1.29, 1.82) is 5.26 Å². The zero-order chi connectivity index (χ0) is 14.6. The topological polar surface area (TPSA) is 53.3 Å². The third-order valence-electron chi connectivity index (χ3n) is 4.02. The number of nitrogens with zero attached hydrogens (tertiary/aromatic N) is 2. The second kappa shape index (κ2) is 5.96. The molecule has 1 aliphatic heterocycles. The lowest BCUT2D eigenvalue weighted by Gasteiger charge is -2.37. The molecule has 1 aromatic rings. The van der Waals surface area contributed by atoms with E-state index in [2.05, 4.69) is 6.07 Å². The summed E-state index contributed by atoms with van der Waals surface area (Å²) in [5, 5.41) is 9.66. The van der Waals surface area contributed by atoms with Gasteiger partial charge < -0.3 is 9.64 Å². The fourth-order valence-corrected chi connectivity index (χ4v) is 2.84. The van der Waals surface area contributed by atoms with E-state index in [9.17, 15) is 10.1 Å². The number of aryl methyl sites for hydroxylation is 1. The van der Waals surface area contributed by atoms with Crippen LogP contribution in [0.2, 0.25) is 0 Å². The smallest absolute Gasteiger partial charge is 0.409 e. The van der Waals surface area contributed by atoms with E-state index in [-0.39, 0.29) is 6.09 Å². The van der Waals surface area contributed by atoms with Crippen molar-refractivity contribution in [3.05, 3.63) is 35.4 Å². The van der Waals surface area contributed by atoms with Crippen molar-refractivity contribution in [3.8, 4) is 6.07 Å². The summed E-state index contributed by atoms with van der Waals surface area (Å²) in [5.74, 6) is 0. The fourth-order valence-electron chi connectivity index (χ4n) is 2.84. The minimum Gasteiger partial charge on any atom is -0.450 e. The van der Waals surface area contributed by atoms with Crippen molar-refractivity contribution < 1.29 is 9.53 Å². The van der Waals surface area contributed by atoms with Crippen LogP contribution >= 0.6 is 0 Å². The number of benzene rings is 1. The first-order chi connectivity index (χ1) is 9.63. The van der Waals surface area contributed by atoms with E-state index in [4.69, 9.17) is 4.74 Å². The molecular weight excluding hydrogens is 252 g/mol. The lowest BCUT2D eigenvalue weighted by atomic mass is 9.72. The molecule has 0 atom stereocenters. The lowest BCUT2D eigenvalue weighted by Crippen LogP contribution is -2.45. The average Bonchev–Trinajstić information content (AvgIpc) is 2.48. The summed E-state index contributed by atoms with van der Waals surface area (Å²) in [6.07, 6.45) is 1.05. The molecule has 0 aliphatic carbocycles. The number of hydrogen-bond acceptors (Lipinski definition) is 3. The Hall–Kier alpha value is -2.02. The van der Waals surface area contributed by atoms with Crippen molar-refractivity contribution in [2.45, 2.75) is 32.1 Å². The molecule has 20 heavy (non-hydrogen) atoms. The van der Waals surface area contributed by atoms with Crippen LogP contribution in [0.5, 0.6) is 0 Å². The van der Waals surface area contributed by atoms with E-state index in [0.717, 1.165) is 11.1 Å². The highest BCUT2D eigenvalue weighted by Crippen LogP contribution is 2.36. The third-order valence-corrected chi connectivity index (χ3v) is 4.02. The van der Waals surface area contributed by atoms with Gasteiger partial charge in [-0.2, -0.15) is 5.26 Å². The summed E-state index contributed by atoms with van der Waals surface area (Å²) in [6, 6.07) is 10.5. The summed E-state index contributed by atoms with van der Waals surface area (Å²) in [7, 11) is 0. The molecule has 2 rings (SSSR count). The van der Waals surface area contributed by atoms with Gasteiger partial charge in [-0.05, 0) is 37.8 Å². The zero-order valence-electron chi connectivity index (χ0n) is 12.1. The molecule has 0 aromatic heterocycles. The van der Waals surface area contributed by atoms with Crippen LogP contribution in [0.25, 0.3) is 0 Å². The van der Waals surface area contributed by atoms with Crippen molar-refractivity contribution in [2.75, 3.05) is 19.7 Å². The molecule has 0 bridgehead atoms. The number of carbonyl (C=O) groups excluding carboxylic acids is 1. The molecule has 1 amide bonds. The van der Waals surface area contributed by atoms with E-state index in [1.54, 1.807) is 11.8 Å². The van der Waals surface area contributed by atoms with E-state index < -0.39 is 5.41 Å². The Kier molecular flexibility index (Phi) is 4.29. The minimum absolute atomic E-state index is 0.274. The monoisotopic (exact) mass is 272 g/mol. The van der Waals surface area contributed by atoms with Crippen LogP contribution < -0.4 is 0 Å². The maximum Gasteiger partial charge on any atom is 0.409 e. The summed E-state index contributed by atoms with van der Waals surface area (Å²) in [4.78, 5) is 13.4. The fraction of sp³-hybridized carbons (Fsp3) is 0.500. The summed E-state index contributed by atoms with van der Waals surface area (Å²) >= 11 is 0. The Balaban J connectivity index is 2.16. The quantitative estimate of drug-likeness (QED) is 0.831. The third kappa shape index (κ3) is 2.62. The highest BCUT2D eigenvalue weighted by atomic mass is 16.6. The van der Waals surface area contributed by atoms with Crippen LogP contribution in [0.15, 0.2) is 24.3 Å². The molecule has 4 heteroatoms. The number of amides is 1. The Morgan fingerprint density at radius 3 is 2.60 bits per heavy atom. The highest BCUT2D eigenvalue weighted by molar-refractivity contribution is 5.67. The second-order valence-corrected chi connectivity index (χ2v) is 5.19. The van der Waals surface area contributed by atoms with E-state index >= 15 is 0 Å². The zero-order valence-corrected chi connectivity index (χ0v) is 12.1. The van der Waals surface area contributed by atoms with Crippen molar-refractivity contribution in [2.24, 2.45) is 0 Å². The second-order valence-electron chi connectivity index (χ2n) is 5.19. The number of carbonyl (C=O) groups is 1. The number of piperidine rings is 1. The molecule has 0 saturated carbocycles. The van der Waals surface area contributed by atoms with Gasteiger partial charge in [-0.3, -0.25) is 0 Å². The minimum atomic E-state index is -0.478. The van der Waals surface area contributed by atoms with Crippen LogP contribution in [0, 0.1) is 18.3 Å². The summed E-state index contributed by atoms with van der Waals surface area (Å²) in [5.41, 5.74) is 1.75. The predicted octanol–water partition coefficient (Wildman–Crippen LogP) is 3.01. The molecule has 1 fully saturated rings. The average molecular weight is 272 g/mol. The van der Waals surface area contributed by atoms with Crippen LogP contribution in [-0.2, 0) is 10.2 Å². The van der Waals surface area contributed by atoms with Gasteiger partial charge in [0, 0.05) is 13.1 Å². The van der Waals surface area contributed by atoms with Gasteiger partial charge in [-0.15, -0.1) is 0 Å². The normalized spacial score (nSPS) is 17.4. The van der Waals surface area contributed by atoms with Gasteiger partial charge in [0.15, 0.2) is 0 Å². The SMILES string of the molecule is CCOC(=O)N1CCC(C#N)(c2ccccc2C)CC1. The molecule has 0 radical (unpaired) electrons. The molecule has 4 nitrogen and oxygen atoms in total. The van der Waals surface area contributed by atoms with Gasteiger partial charge in [0.1, 0.15) is 0 Å². The highest BCUT2D eigenvalue weighted by Gasteiger charge is 2.38. The summed E-state index contributed by atoms with van der Waals surface area (Å²) in [6.45, 7) is 5.36. The van der Waals surface area contributed by atoms with Crippen LogP contribution in [-0.4, -0.2) is 30.7 Å².